The third kappa shape index (κ3) is 5.91. The number of nitrogens with two attached hydrogens (primary N) is 1. The molecule has 0 spiro atoms. The largest absolute Gasteiger partial charge is 0.497 e. The molecule has 2 N–H and O–H groups in total. The molecule has 0 saturated carbocycles. The molecule has 0 aliphatic heterocycles. The number of hydrogen-bond acceptors (Lipinski definition) is 5. The zero-order valence-electron chi connectivity index (χ0n) is 17.9. The van der Waals surface area contributed by atoms with Gasteiger partial charge in [-0.1, -0.05) is 58.7 Å². The summed E-state index contributed by atoms with van der Waals surface area (Å²) in [5.74, 6) is 2.43. The highest BCUT2D eigenvalue weighted by molar-refractivity contribution is 9.10. The van der Waals surface area contributed by atoms with Crippen molar-refractivity contribution < 1.29 is 9.47 Å². The van der Waals surface area contributed by atoms with Crippen LogP contribution in [0.15, 0.2) is 59.1 Å². The second kappa shape index (κ2) is 10.8. The van der Waals surface area contributed by atoms with E-state index in [4.69, 9.17) is 31.8 Å². The Hall–Kier alpha value is -2.28. The van der Waals surface area contributed by atoms with Crippen molar-refractivity contribution >= 4 is 33.3 Å². The maximum atomic E-state index is 6.56. The van der Waals surface area contributed by atoms with Gasteiger partial charge in [-0.15, -0.1) is 0 Å². The molecule has 1 unspecified atom stereocenters. The summed E-state index contributed by atoms with van der Waals surface area (Å²) in [7, 11) is 3.33. The summed E-state index contributed by atoms with van der Waals surface area (Å²) in [6.07, 6.45) is 0.779. The quantitative estimate of drug-likeness (QED) is 0.355. The number of aromatic nitrogens is 1. The minimum atomic E-state index is -0.167. The molecule has 7 heteroatoms. The van der Waals surface area contributed by atoms with Crippen molar-refractivity contribution in [2.45, 2.75) is 32.5 Å². The van der Waals surface area contributed by atoms with E-state index in [2.05, 4.69) is 45.1 Å². The maximum Gasteiger partial charge on any atom is 0.137 e. The van der Waals surface area contributed by atoms with Gasteiger partial charge in [0.05, 0.1) is 14.2 Å². The van der Waals surface area contributed by atoms with Gasteiger partial charge < -0.3 is 20.1 Å². The molecular formula is C24H27BrClN3O2. The fraction of sp³-hybridized carbons (Fsp3) is 0.292. The standard InChI is InChI=1S/C24H27BrClN3O2/c1-4-21(27)23-20(25)13-22(28-24(23)26)29(14-16-5-9-18(30-2)10-6-16)15-17-7-11-19(31-3)12-8-17/h5-13,21H,4,14-15,27H2,1-3H3. The number of nitrogens with zero attached hydrogens (tertiary/aromatic N) is 2. The van der Waals surface area contributed by atoms with Crippen molar-refractivity contribution in [3.8, 4) is 11.5 Å². The van der Waals surface area contributed by atoms with E-state index < -0.39 is 0 Å². The van der Waals surface area contributed by atoms with Crippen molar-refractivity contribution in [1.82, 2.24) is 4.98 Å². The average molecular weight is 505 g/mol. The third-order valence-corrected chi connectivity index (χ3v) is 6.09. The average Bonchev–Trinajstić information content (AvgIpc) is 2.79. The van der Waals surface area contributed by atoms with E-state index in [0.717, 1.165) is 44.9 Å². The molecule has 3 rings (SSSR count). The van der Waals surface area contributed by atoms with Crippen LogP contribution in [0, 0.1) is 0 Å². The van der Waals surface area contributed by atoms with Crippen LogP contribution < -0.4 is 20.1 Å². The maximum absolute atomic E-state index is 6.56. The van der Waals surface area contributed by atoms with E-state index >= 15 is 0 Å². The van der Waals surface area contributed by atoms with E-state index in [1.165, 1.54) is 0 Å². The molecule has 0 aliphatic rings. The number of anilines is 1. The SMILES string of the molecule is CCC(N)c1c(Br)cc(N(Cc2ccc(OC)cc2)Cc2ccc(OC)cc2)nc1Cl. The molecule has 1 atom stereocenters. The highest BCUT2D eigenvalue weighted by atomic mass is 79.9. The summed E-state index contributed by atoms with van der Waals surface area (Å²) in [4.78, 5) is 6.88. The van der Waals surface area contributed by atoms with Crippen LogP contribution in [0.2, 0.25) is 5.15 Å². The van der Waals surface area contributed by atoms with Crippen molar-refractivity contribution in [3.63, 3.8) is 0 Å². The first kappa shape index (κ1) is 23.4. The molecule has 1 heterocycles. The van der Waals surface area contributed by atoms with Gasteiger partial charge in [-0.05, 0) is 47.9 Å². The summed E-state index contributed by atoms with van der Waals surface area (Å²) >= 11 is 10.2. The van der Waals surface area contributed by atoms with Crippen LogP contribution in [-0.4, -0.2) is 19.2 Å². The monoisotopic (exact) mass is 503 g/mol. The van der Waals surface area contributed by atoms with E-state index in [-0.39, 0.29) is 6.04 Å². The summed E-state index contributed by atoms with van der Waals surface area (Å²) in [6.45, 7) is 3.34. The molecule has 2 aromatic carbocycles. The number of ether oxygens (including phenoxy) is 2. The Morgan fingerprint density at radius 2 is 1.45 bits per heavy atom. The number of benzene rings is 2. The van der Waals surface area contributed by atoms with Crippen LogP contribution in [0.1, 0.15) is 36.1 Å². The van der Waals surface area contributed by atoms with E-state index in [1.807, 2.05) is 37.3 Å². The fourth-order valence-corrected chi connectivity index (χ4v) is 4.43. The number of rotatable bonds is 9. The first-order valence-electron chi connectivity index (χ1n) is 10.1. The van der Waals surface area contributed by atoms with Crippen molar-refractivity contribution in [2.75, 3.05) is 19.1 Å². The Kier molecular flexibility index (Phi) is 8.18. The normalized spacial score (nSPS) is 11.8. The Bertz CT molecular complexity index is 924. The molecule has 164 valence electrons. The van der Waals surface area contributed by atoms with Gasteiger partial charge in [0.2, 0.25) is 0 Å². The molecular weight excluding hydrogens is 478 g/mol. The van der Waals surface area contributed by atoms with Gasteiger partial charge >= 0.3 is 0 Å². The zero-order chi connectivity index (χ0) is 22.4. The van der Waals surface area contributed by atoms with Gasteiger partial charge in [0, 0.05) is 29.2 Å². The van der Waals surface area contributed by atoms with Crippen molar-refractivity contribution in [3.05, 3.63) is 80.9 Å². The van der Waals surface area contributed by atoms with Crippen LogP contribution in [-0.2, 0) is 13.1 Å². The van der Waals surface area contributed by atoms with Gasteiger partial charge in [-0.3, -0.25) is 0 Å². The Balaban J connectivity index is 1.95. The molecule has 31 heavy (non-hydrogen) atoms. The smallest absolute Gasteiger partial charge is 0.137 e. The highest BCUT2D eigenvalue weighted by Gasteiger charge is 2.19. The summed E-state index contributed by atoms with van der Waals surface area (Å²) in [6, 6.07) is 17.9. The van der Waals surface area contributed by atoms with Crippen molar-refractivity contribution in [2.24, 2.45) is 5.73 Å². The number of methoxy groups -OCH3 is 2. The second-order valence-electron chi connectivity index (χ2n) is 7.23. The summed E-state index contributed by atoms with van der Waals surface area (Å²) in [5.41, 5.74) is 9.34. The molecule has 0 amide bonds. The predicted octanol–water partition coefficient (Wildman–Crippen LogP) is 6.13. The third-order valence-electron chi connectivity index (χ3n) is 5.15. The summed E-state index contributed by atoms with van der Waals surface area (Å²) in [5, 5.41) is 0.424. The van der Waals surface area contributed by atoms with Crippen molar-refractivity contribution in [1.29, 1.82) is 0 Å². The minimum absolute atomic E-state index is 0.167. The number of hydrogen-bond donors (Lipinski definition) is 1. The predicted molar refractivity (Wildman–Crippen MR) is 130 cm³/mol. The number of halogens is 2. The highest BCUT2D eigenvalue weighted by Crippen LogP contribution is 2.34. The van der Waals surface area contributed by atoms with Gasteiger partial charge in [-0.2, -0.15) is 0 Å². The molecule has 1 aromatic heterocycles. The van der Waals surface area contributed by atoms with Gasteiger partial charge in [0.1, 0.15) is 22.5 Å². The lowest BCUT2D eigenvalue weighted by Crippen LogP contribution is -2.24. The minimum Gasteiger partial charge on any atom is -0.497 e. The van der Waals surface area contributed by atoms with Crippen LogP contribution in [0.25, 0.3) is 0 Å². The second-order valence-corrected chi connectivity index (χ2v) is 8.45. The molecule has 0 fully saturated rings. The lowest BCUT2D eigenvalue weighted by atomic mass is 10.1. The first-order chi connectivity index (χ1) is 14.9. The fourth-order valence-electron chi connectivity index (χ4n) is 3.30. The Morgan fingerprint density at radius 3 is 1.84 bits per heavy atom. The van der Waals surface area contributed by atoms with E-state index in [1.54, 1.807) is 14.2 Å². The van der Waals surface area contributed by atoms with Gasteiger partial charge in [0.15, 0.2) is 0 Å². The van der Waals surface area contributed by atoms with Gasteiger partial charge in [0.25, 0.3) is 0 Å². The van der Waals surface area contributed by atoms with Crippen LogP contribution in [0.5, 0.6) is 11.5 Å². The molecule has 0 aliphatic carbocycles. The molecule has 0 bridgehead atoms. The lowest BCUT2D eigenvalue weighted by molar-refractivity contribution is 0.414. The molecule has 0 radical (unpaired) electrons. The van der Waals surface area contributed by atoms with Crippen LogP contribution in [0.3, 0.4) is 0 Å². The first-order valence-corrected chi connectivity index (χ1v) is 11.2. The number of pyridine rings is 1. The Morgan fingerprint density at radius 1 is 0.968 bits per heavy atom. The van der Waals surface area contributed by atoms with Crippen LogP contribution in [0.4, 0.5) is 5.82 Å². The molecule has 5 nitrogen and oxygen atoms in total. The molecule has 3 aromatic rings. The zero-order valence-corrected chi connectivity index (χ0v) is 20.3. The topological polar surface area (TPSA) is 60.6 Å². The van der Waals surface area contributed by atoms with E-state index in [0.29, 0.717) is 18.2 Å². The van der Waals surface area contributed by atoms with Gasteiger partial charge in [-0.25, -0.2) is 4.98 Å². The lowest BCUT2D eigenvalue weighted by Gasteiger charge is -2.26. The Labute approximate surface area is 197 Å². The summed E-state index contributed by atoms with van der Waals surface area (Å²) < 4.78 is 11.4. The van der Waals surface area contributed by atoms with E-state index in [9.17, 15) is 0 Å². The van der Waals surface area contributed by atoms with Crippen LogP contribution >= 0.6 is 27.5 Å². The molecule has 0 saturated heterocycles.